The van der Waals surface area contributed by atoms with E-state index in [2.05, 4.69) is 10.4 Å². The van der Waals surface area contributed by atoms with Gasteiger partial charge in [-0.05, 0) is 6.07 Å². The minimum absolute atomic E-state index is 0.0597. The zero-order valence-electron chi connectivity index (χ0n) is 9.53. The molecular formula is C11H10N4O3. The van der Waals surface area contributed by atoms with Crippen molar-refractivity contribution in [2.24, 2.45) is 7.05 Å². The number of nitrogens with one attached hydrogen (secondary N) is 1. The summed E-state index contributed by atoms with van der Waals surface area (Å²) in [6.07, 6.45) is 2.04. The second kappa shape index (κ2) is 4.66. The van der Waals surface area contributed by atoms with Gasteiger partial charge in [-0.25, -0.2) is 0 Å². The third-order valence-electron chi connectivity index (χ3n) is 2.45. The van der Waals surface area contributed by atoms with Gasteiger partial charge in [-0.15, -0.1) is 0 Å². The Bertz CT molecular complexity index is 606. The largest absolute Gasteiger partial charge is 0.334 e. The van der Waals surface area contributed by atoms with Gasteiger partial charge in [0.25, 0.3) is 5.69 Å². The number of benzene rings is 1. The van der Waals surface area contributed by atoms with E-state index in [0.29, 0.717) is 23.4 Å². The van der Waals surface area contributed by atoms with Gasteiger partial charge in [0, 0.05) is 13.1 Å². The van der Waals surface area contributed by atoms with Crippen molar-refractivity contribution < 1.29 is 9.72 Å². The van der Waals surface area contributed by atoms with Crippen LogP contribution >= 0.6 is 0 Å². The molecule has 0 radical (unpaired) electrons. The van der Waals surface area contributed by atoms with Crippen molar-refractivity contribution in [3.05, 3.63) is 46.1 Å². The van der Waals surface area contributed by atoms with E-state index in [1.165, 1.54) is 16.9 Å². The molecule has 1 aromatic heterocycles. The number of carbonyl (C=O) groups excluding carboxylic acids is 1. The summed E-state index contributed by atoms with van der Waals surface area (Å²) in [6, 6.07) is 6.21. The first-order chi connectivity index (χ1) is 8.63. The molecule has 7 heteroatoms. The lowest BCUT2D eigenvalue weighted by Crippen LogP contribution is -2.03. The lowest BCUT2D eigenvalue weighted by Gasteiger charge is -2.07. The summed E-state index contributed by atoms with van der Waals surface area (Å²) in [5.41, 5.74) is 0.598. The molecule has 92 valence electrons. The molecule has 7 nitrogen and oxygen atoms in total. The maximum atomic E-state index is 10.9. The second-order valence-electron chi connectivity index (χ2n) is 3.59. The number of para-hydroxylation sites is 2. The highest BCUT2D eigenvalue weighted by molar-refractivity contribution is 5.85. The molecule has 0 amide bonds. The molecule has 0 atom stereocenters. The van der Waals surface area contributed by atoms with Crippen LogP contribution in [-0.4, -0.2) is 21.0 Å². The molecule has 0 aliphatic heterocycles. The van der Waals surface area contributed by atoms with Crippen molar-refractivity contribution in [1.29, 1.82) is 0 Å². The van der Waals surface area contributed by atoms with E-state index in [4.69, 9.17) is 0 Å². The Balaban J connectivity index is 2.43. The summed E-state index contributed by atoms with van der Waals surface area (Å²) in [4.78, 5) is 21.2. The summed E-state index contributed by atoms with van der Waals surface area (Å²) in [6.45, 7) is 0. The van der Waals surface area contributed by atoms with Gasteiger partial charge >= 0.3 is 0 Å². The van der Waals surface area contributed by atoms with Crippen LogP contribution in [0.4, 0.5) is 17.2 Å². The molecule has 1 N–H and O–H groups in total. The van der Waals surface area contributed by atoms with E-state index in [1.807, 2.05) is 0 Å². The van der Waals surface area contributed by atoms with Crippen LogP contribution in [0.5, 0.6) is 0 Å². The van der Waals surface area contributed by atoms with Crippen molar-refractivity contribution in [3.8, 4) is 0 Å². The Labute approximate surface area is 102 Å². The van der Waals surface area contributed by atoms with E-state index < -0.39 is 4.92 Å². The highest BCUT2D eigenvalue weighted by Gasteiger charge is 2.15. The maximum Gasteiger partial charge on any atom is 0.292 e. The van der Waals surface area contributed by atoms with E-state index >= 15 is 0 Å². The molecule has 0 aliphatic rings. The first-order valence-electron chi connectivity index (χ1n) is 5.11. The summed E-state index contributed by atoms with van der Waals surface area (Å²) in [5, 5.41) is 17.6. The van der Waals surface area contributed by atoms with Crippen LogP contribution in [0.2, 0.25) is 0 Å². The number of rotatable bonds is 4. The van der Waals surface area contributed by atoms with Crippen LogP contribution in [0.25, 0.3) is 0 Å². The quantitative estimate of drug-likeness (QED) is 0.505. The number of aromatic nitrogens is 2. The molecule has 2 rings (SSSR count). The number of nitro benzene ring substituents is 1. The Hall–Kier alpha value is -2.70. The molecule has 0 fully saturated rings. The number of nitrogens with zero attached hydrogens (tertiary/aromatic N) is 3. The van der Waals surface area contributed by atoms with Gasteiger partial charge in [0.15, 0.2) is 6.29 Å². The molecule has 2 aromatic rings. The number of nitro groups is 1. The number of hydrogen-bond acceptors (Lipinski definition) is 5. The molecular weight excluding hydrogens is 236 g/mol. The molecule has 0 saturated carbocycles. The summed E-state index contributed by atoms with van der Waals surface area (Å²) in [5.74, 6) is 0.416. The Kier molecular flexibility index (Phi) is 3.05. The Morgan fingerprint density at radius 2 is 2.17 bits per heavy atom. The van der Waals surface area contributed by atoms with Crippen molar-refractivity contribution in [3.63, 3.8) is 0 Å². The van der Waals surface area contributed by atoms with Crippen LogP contribution in [0.3, 0.4) is 0 Å². The number of carbonyl (C=O) groups is 1. The van der Waals surface area contributed by atoms with E-state index in [-0.39, 0.29) is 5.69 Å². The molecule has 0 saturated heterocycles. The SMILES string of the molecule is Cn1ncc(C=O)c1Nc1ccccc1[N+](=O)[O-]. The lowest BCUT2D eigenvalue weighted by atomic mass is 10.2. The predicted molar refractivity (Wildman–Crippen MR) is 65.0 cm³/mol. The number of anilines is 2. The van der Waals surface area contributed by atoms with Crippen LogP contribution < -0.4 is 5.32 Å². The summed E-state index contributed by atoms with van der Waals surface area (Å²) >= 11 is 0. The zero-order chi connectivity index (χ0) is 13.1. The Morgan fingerprint density at radius 1 is 1.44 bits per heavy atom. The van der Waals surface area contributed by atoms with Gasteiger partial charge in [-0.1, -0.05) is 12.1 Å². The molecule has 1 heterocycles. The molecule has 0 bridgehead atoms. The molecule has 18 heavy (non-hydrogen) atoms. The van der Waals surface area contributed by atoms with Gasteiger partial charge in [0.2, 0.25) is 0 Å². The van der Waals surface area contributed by atoms with Crippen LogP contribution in [-0.2, 0) is 7.05 Å². The molecule has 1 aromatic carbocycles. The first kappa shape index (κ1) is 11.8. The summed E-state index contributed by atoms with van der Waals surface area (Å²) < 4.78 is 1.44. The van der Waals surface area contributed by atoms with Gasteiger partial charge in [-0.2, -0.15) is 5.10 Å². The topological polar surface area (TPSA) is 90.1 Å². The molecule has 0 aliphatic carbocycles. The number of aryl methyl sites for hydroxylation is 1. The average molecular weight is 246 g/mol. The predicted octanol–water partition coefficient (Wildman–Crippen LogP) is 1.88. The van der Waals surface area contributed by atoms with Crippen molar-refractivity contribution in [1.82, 2.24) is 9.78 Å². The van der Waals surface area contributed by atoms with Crippen molar-refractivity contribution in [2.45, 2.75) is 0 Å². The third kappa shape index (κ3) is 2.05. The molecule has 0 unspecified atom stereocenters. The maximum absolute atomic E-state index is 10.9. The smallest absolute Gasteiger partial charge is 0.292 e. The average Bonchev–Trinajstić information content (AvgIpc) is 2.71. The standard InChI is InChI=1S/C11H10N4O3/c1-14-11(8(7-16)6-12-14)13-9-4-2-3-5-10(9)15(17)18/h2-7,13H,1H3. The fourth-order valence-electron chi connectivity index (χ4n) is 1.56. The van der Waals surface area contributed by atoms with E-state index in [0.717, 1.165) is 0 Å². The zero-order valence-corrected chi connectivity index (χ0v) is 9.53. The van der Waals surface area contributed by atoms with E-state index in [9.17, 15) is 14.9 Å². The normalized spacial score (nSPS) is 10.1. The molecule has 0 spiro atoms. The summed E-state index contributed by atoms with van der Waals surface area (Å²) in [7, 11) is 1.64. The third-order valence-corrected chi connectivity index (χ3v) is 2.45. The van der Waals surface area contributed by atoms with Gasteiger partial charge in [0.1, 0.15) is 11.5 Å². The fourth-order valence-corrected chi connectivity index (χ4v) is 1.56. The van der Waals surface area contributed by atoms with Crippen molar-refractivity contribution >= 4 is 23.5 Å². The second-order valence-corrected chi connectivity index (χ2v) is 3.59. The van der Waals surface area contributed by atoms with Crippen LogP contribution in [0.1, 0.15) is 10.4 Å². The fraction of sp³-hybridized carbons (Fsp3) is 0.0909. The Morgan fingerprint density at radius 3 is 2.83 bits per heavy atom. The van der Waals surface area contributed by atoms with Crippen molar-refractivity contribution in [2.75, 3.05) is 5.32 Å². The number of aldehydes is 1. The highest BCUT2D eigenvalue weighted by Crippen LogP contribution is 2.27. The van der Waals surface area contributed by atoms with Gasteiger partial charge < -0.3 is 5.32 Å². The monoisotopic (exact) mass is 246 g/mol. The van der Waals surface area contributed by atoms with Crippen LogP contribution in [0.15, 0.2) is 30.5 Å². The minimum Gasteiger partial charge on any atom is -0.334 e. The van der Waals surface area contributed by atoms with Crippen LogP contribution in [0, 0.1) is 10.1 Å². The highest BCUT2D eigenvalue weighted by atomic mass is 16.6. The lowest BCUT2D eigenvalue weighted by molar-refractivity contribution is -0.383. The number of hydrogen-bond donors (Lipinski definition) is 1. The minimum atomic E-state index is -0.487. The van der Waals surface area contributed by atoms with E-state index in [1.54, 1.807) is 25.2 Å². The van der Waals surface area contributed by atoms with Gasteiger partial charge in [0.05, 0.1) is 16.7 Å². The van der Waals surface area contributed by atoms with Gasteiger partial charge in [-0.3, -0.25) is 19.6 Å². The first-order valence-corrected chi connectivity index (χ1v) is 5.11.